The Morgan fingerprint density at radius 3 is 2.44 bits per heavy atom. The first kappa shape index (κ1) is 19.1. The number of ether oxygens (including phenoxy) is 1. The molecule has 2 N–H and O–H groups in total. The van der Waals surface area contributed by atoms with Gasteiger partial charge in [-0.05, 0) is 0 Å². The van der Waals surface area contributed by atoms with Gasteiger partial charge in [0.1, 0.15) is 0 Å². The van der Waals surface area contributed by atoms with Crippen molar-refractivity contribution >= 4 is 20.4 Å². The second-order valence-electron chi connectivity index (χ2n) is 5.57. The molecule has 0 aliphatic heterocycles. The Bertz CT molecular complexity index is 1010. The van der Waals surface area contributed by atoms with Crippen LogP contribution in [0.1, 0.15) is 14.9 Å². The molecule has 27 heavy (non-hydrogen) atoms. The Hall–Kier alpha value is -2.64. The molecule has 0 spiro atoms. The molecule has 0 saturated carbocycles. The summed E-state index contributed by atoms with van der Waals surface area (Å²) in [6, 6.07) is 9.76. The van der Waals surface area contributed by atoms with Crippen molar-refractivity contribution in [3.8, 4) is 27.0 Å². The number of nitrogens with two attached hydrogens (primary N) is 1. The molecule has 3 rings (SSSR count). The van der Waals surface area contributed by atoms with Crippen LogP contribution >= 0.6 is 0 Å². The average molecular weight is 443 g/mol. The van der Waals surface area contributed by atoms with Gasteiger partial charge in [0, 0.05) is 0 Å². The van der Waals surface area contributed by atoms with E-state index >= 15 is 0 Å². The van der Waals surface area contributed by atoms with Gasteiger partial charge < -0.3 is 0 Å². The quantitative estimate of drug-likeness (QED) is 0.491. The molecule has 9 heteroatoms. The number of carbonyl (C=O) groups excluding carboxylic acids is 1. The summed E-state index contributed by atoms with van der Waals surface area (Å²) < 4.78 is 56.1. The number of alkyl halides is 3. The van der Waals surface area contributed by atoms with Gasteiger partial charge in [0.25, 0.3) is 0 Å². The van der Waals surface area contributed by atoms with Crippen molar-refractivity contribution in [3.63, 3.8) is 0 Å². The van der Waals surface area contributed by atoms with E-state index in [0.717, 1.165) is 0 Å². The first-order chi connectivity index (χ1) is 12.7. The van der Waals surface area contributed by atoms with Gasteiger partial charge in [-0.2, -0.15) is 0 Å². The predicted molar refractivity (Wildman–Crippen MR) is 91.9 cm³/mol. The number of amides is 1. The Morgan fingerprint density at radius 1 is 1.15 bits per heavy atom. The number of benzene rings is 2. The fraction of sp³-hybridized carbons (Fsp3) is 0.111. The van der Waals surface area contributed by atoms with Crippen molar-refractivity contribution < 1.29 is 27.1 Å². The molecule has 0 bridgehead atoms. The van der Waals surface area contributed by atoms with Gasteiger partial charge in [-0.15, -0.1) is 0 Å². The number of hydrogen-bond acceptors (Lipinski definition) is 3. The predicted octanol–water partition coefficient (Wildman–Crippen LogP) is 3.92. The van der Waals surface area contributed by atoms with Crippen molar-refractivity contribution in [1.82, 2.24) is 4.98 Å². The Balaban J connectivity index is 2.14. The Labute approximate surface area is 157 Å². The van der Waals surface area contributed by atoms with Crippen molar-refractivity contribution in [2.45, 2.75) is 13.3 Å². The van der Waals surface area contributed by atoms with Crippen LogP contribution < -0.4 is 10.5 Å². The Morgan fingerprint density at radius 2 is 1.85 bits per heavy atom. The number of rotatable bonds is 4. The van der Waals surface area contributed by atoms with Crippen LogP contribution in [0.15, 0.2) is 42.5 Å². The van der Waals surface area contributed by atoms with E-state index < -0.39 is 32.6 Å². The number of primary amides is 1. The third-order valence-corrected chi connectivity index (χ3v) is 5.96. The maximum atomic E-state index is 14.3. The van der Waals surface area contributed by atoms with Crippen LogP contribution in [-0.4, -0.2) is 31.8 Å². The van der Waals surface area contributed by atoms with Crippen molar-refractivity contribution in [2.75, 3.05) is 0 Å². The molecule has 0 aliphatic carbocycles. The van der Waals surface area contributed by atoms with Crippen molar-refractivity contribution in [2.24, 2.45) is 5.73 Å². The summed E-state index contributed by atoms with van der Waals surface area (Å²) >= 11 is -0.611. The van der Waals surface area contributed by atoms with E-state index in [9.17, 15) is 22.4 Å². The number of nitrogens with zero attached hydrogens (tertiary/aromatic N) is 1. The summed E-state index contributed by atoms with van der Waals surface area (Å²) in [7, 11) is 0. The van der Waals surface area contributed by atoms with E-state index in [2.05, 4.69) is 9.72 Å². The van der Waals surface area contributed by atoms with Gasteiger partial charge in [0.2, 0.25) is 0 Å². The molecule has 1 aromatic heterocycles. The van der Waals surface area contributed by atoms with Gasteiger partial charge in [-0.25, -0.2) is 0 Å². The zero-order valence-corrected chi connectivity index (χ0v) is 15.5. The van der Waals surface area contributed by atoms with E-state index in [0.29, 0.717) is 15.6 Å². The molecule has 0 radical (unpaired) electrons. The van der Waals surface area contributed by atoms with Crippen molar-refractivity contribution in [3.05, 3.63) is 58.4 Å². The van der Waals surface area contributed by atoms with Crippen LogP contribution in [0.3, 0.4) is 0 Å². The monoisotopic (exact) mass is 444 g/mol. The molecule has 4 nitrogen and oxygen atoms in total. The summed E-state index contributed by atoms with van der Waals surface area (Å²) in [4.78, 5) is 15.8. The van der Waals surface area contributed by atoms with Crippen LogP contribution in [0.4, 0.5) is 17.6 Å². The topological polar surface area (TPSA) is 65.2 Å². The zero-order chi connectivity index (χ0) is 19.8. The summed E-state index contributed by atoms with van der Waals surface area (Å²) in [6.07, 6.45) is -4.80. The standard InChI is InChI=1S/C18H12F4N2O2Se/c1-9-8-10(26-18(20,21)22)6-7-11(9)15-14(24-17(27-15)16(23)25)12-4-2-3-5-13(12)19/h2-8H,1H3,(H2,23,25). The van der Waals surface area contributed by atoms with Gasteiger partial charge in [0.15, 0.2) is 0 Å². The zero-order valence-electron chi connectivity index (χ0n) is 13.8. The van der Waals surface area contributed by atoms with Crippen LogP contribution in [0.5, 0.6) is 5.75 Å². The van der Waals surface area contributed by atoms with Crippen LogP contribution in [0.2, 0.25) is 0 Å². The van der Waals surface area contributed by atoms with Crippen LogP contribution in [0.25, 0.3) is 21.3 Å². The fourth-order valence-corrected chi connectivity index (χ4v) is 4.68. The molecule has 0 saturated heterocycles. The third-order valence-electron chi connectivity index (χ3n) is 3.64. The number of carbonyl (C=O) groups is 1. The summed E-state index contributed by atoms with van der Waals surface area (Å²) in [6.45, 7) is 1.60. The van der Waals surface area contributed by atoms with Crippen LogP contribution in [0, 0.1) is 12.7 Å². The molecular weight excluding hydrogens is 431 g/mol. The van der Waals surface area contributed by atoms with Crippen molar-refractivity contribution in [1.29, 1.82) is 0 Å². The maximum absolute atomic E-state index is 14.3. The normalized spacial score (nSPS) is 11.4. The SMILES string of the molecule is Cc1cc(OC(F)(F)F)ccc1-c1[se]c(C(N)=O)nc1-c1ccccc1F. The minimum absolute atomic E-state index is 0.116. The van der Waals surface area contributed by atoms with E-state index in [4.69, 9.17) is 5.73 Å². The molecule has 3 aromatic rings. The van der Waals surface area contributed by atoms with Gasteiger partial charge >= 0.3 is 157 Å². The third kappa shape index (κ3) is 4.20. The van der Waals surface area contributed by atoms with Gasteiger partial charge in [-0.1, -0.05) is 0 Å². The molecule has 0 atom stereocenters. The first-order valence-corrected chi connectivity index (χ1v) is 9.29. The number of aryl methyl sites for hydroxylation is 1. The summed E-state index contributed by atoms with van der Waals surface area (Å²) in [5.41, 5.74) is 6.82. The van der Waals surface area contributed by atoms with E-state index in [-0.39, 0.29) is 21.6 Å². The van der Waals surface area contributed by atoms with E-state index in [1.54, 1.807) is 13.0 Å². The Kier molecular flexibility index (Phi) is 5.08. The second kappa shape index (κ2) is 7.17. The van der Waals surface area contributed by atoms with Gasteiger partial charge in [-0.3, -0.25) is 0 Å². The molecule has 0 fully saturated rings. The number of halogens is 4. The molecule has 1 heterocycles. The van der Waals surface area contributed by atoms with Crippen LogP contribution in [-0.2, 0) is 0 Å². The minimum atomic E-state index is -4.80. The van der Waals surface area contributed by atoms with E-state index in [1.807, 2.05) is 0 Å². The van der Waals surface area contributed by atoms with Gasteiger partial charge in [0.05, 0.1) is 0 Å². The fourth-order valence-electron chi connectivity index (χ4n) is 2.53. The molecule has 0 aliphatic rings. The summed E-state index contributed by atoms with van der Waals surface area (Å²) in [5, 5.41) is 0. The second-order valence-corrected chi connectivity index (χ2v) is 7.66. The summed E-state index contributed by atoms with van der Waals surface area (Å²) in [5.74, 6) is -1.60. The number of hydrogen-bond donors (Lipinski definition) is 1. The molecule has 1 amide bonds. The first-order valence-electron chi connectivity index (χ1n) is 7.58. The molecule has 140 valence electrons. The van der Waals surface area contributed by atoms with E-state index in [1.165, 1.54) is 36.4 Å². The molecule has 0 unspecified atom stereocenters. The molecule has 2 aromatic carbocycles. The molecular formula is C18H12F4N2O2Se. The number of aromatic nitrogens is 1. The average Bonchev–Trinajstić information content (AvgIpc) is 2.99.